The van der Waals surface area contributed by atoms with Gasteiger partial charge in [-0.15, -0.1) is 0 Å². The fraction of sp³-hybridized carbons (Fsp3) is 0.533. The maximum Gasteiger partial charge on any atom is 0.324 e. The highest BCUT2D eigenvalue weighted by atomic mass is 35.5. The van der Waals surface area contributed by atoms with Crippen LogP contribution in [0.2, 0.25) is 5.02 Å². The van der Waals surface area contributed by atoms with Gasteiger partial charge in [-0.3, -0.25) is 9.59 Å². The minimum absolute atomic E-state index is 0.0401. The van der Waals surface area contributed by atoms with Crippen LogP contribution in [-0.2, 0) is 15.0 Å². The van der Waals surface area contributed by atoms with Crippen LogP contribution in [0.4, 0.5) is 13.2 Å². The van der Waals surface area contributed by atoms with Gasteiger partial charge in [-0.25, -0.2) is 13.2 Å². The van der Waals surface area contributed by atoms with E-state index in [1.165, 1.54) is 12.1 Å². The standard InChI is InChI=1S/C30H33ClF3NO4/c1-29(2,3)14-24-30(18-12-20(32)21(33)13-23(18)39-28(30)38)25(17-5-4-6-19(31)26(17)34)27(35-24)22(37)11-15-7-9-16(36)10-8-15/h4-6,12-13,15-16,24-25,27,35-36H,7-11,14H2,1-3H3/t15?,16?,24-,25+,27+,30+/m1/s1. The Hall–Kier alpha value is -2.42. The maximum absolute atomic E-state index is 15.8. The quantitative estimate of drug-likeness (QED) is 0.345. The third kappa shape index (κ3) is 4.89. The van der Waals surface area contributed by atoms with Crippen molar-refractivity contribution in [2.24, 2.45) is 11.3 Å². The molecule has 0 aromatic heterocycles. The summed E-state index contributed by atoms with van der Waals surface area (Å²) in [6, 6.07) is 4.42. The van der Waals surface area contributed by atoms with Crippen LogP contribution in [-0.4, -0.2) is 35.0 Å². The molecule has 2 heterocycles. The van der Waals surface area contributed by atoms with Crippen molar-refractivity contribution in [3.8, 4) is 5.75 Å². The summed E-state index contributed by atoms with van der Waals surface area (Å²) < 4.78 is 50.3. The number of esters is 1. The number of ether oxygens (including phenoxy) is 1. The van der Waals surface area contributed by atoms with Crippen LogP contribution in [0, 0.1) is 28.8 Å². The zero-order valence-corrected chi connectivity index (χ0v) is 23.0. The fourth-order valence-electron chi connectivity index (χ4n) is 6.84. The molecule has 1 aliphatic carbocycles. The highest BCUT2D eigenvalue weighted by molar-refractivity contribution is 6.30. The highest BCUT2D eigenvalue weighted by Crippen LogP contribution is 2.58. The van der Waals surface area contributed by atoms with Crippen LogP contribution in [0.1, 0.15) is 76.3 Å². The van der Waals surface area contributed by atoms with E-state index in [0.29, 0.717) is 32.1 Å². The number of aliphatic hydroxyl groups excluding tert-OH is 1. The van der Waals surface area contributed by atoms with E-state index in [9.17, 15) is 23.5 Å². The molecule has 39 heavy (non-hydrogen) atoms. The number of carbonyl (C=O) groups is 2. The molecule has 0 unspecified atom stereocenters. The third-order valence-corrected chi connectivity index (χ3v) is 8.84. The van der Waals surface area contributed by atoms with Crippen molar-refractivity contribution in [2.45, 2.75) is 88.8 Å². The van der Waals surface area contributed by atoms with Crippen LogP contribution >= 0.6 is 11.6 Å². The minimum atomic E-state index is -1.70. The lowest BCUT2D eigenvalue weighted by atomic mass is 9.62. The molecule has 5 nitrogen and oxygen atoms in total. The Labute approximate surface area is 231 Å². The zero-order valence-electron chi connectivity index (χ0n) is 22.2. The topological polar surface area (TPSA) is 75.6 Å². The first kappa shape index (κ1) is 28.1. The SMILES string of the molecule is CC(C)(C)C[C@H]1N[C@@H](C(=O)CC2CCC(O)CC2)[C@H](c2cccc(Cl)c2F)[C@@]12C(=O)Oc1cc(F)c(F)cc12. The van der Waals surface area contributed by atoms with Crippen molar-refractivity contribution in [3.63, 3.8) is 0 Å². The minimum Gasteiger partial charge on any atom is -0.425 e. The lowest BCUT2D eigenvalue weighted by Crippen LogP contribution is -2.49. The van der Waals surface area contributed by atoms with E-state index in [4.69, 9.17) is 16.3 Å². The van der Waals surface area contributed by atoms with Crippen LogP contribution in [0.5, 0.6) is 5.75 Å². The lowest BCUT2D eigenvalue weighted by molar-refractivity contribution is -0.139. The van der Waals surface area contributed by atoms with Crippen molar-refractivity contribution in [3.05, 3.63) is 63.9 Å². The normalized spacial score (nSPS) is 30.5. The molecular weight excluding hydrogens is 531 g/mol. The van der Waals surface area contributed by atoms with Gasteiger partial charge in [0.15, 0.2) is 17.4 Å². The molecule has 1 saturated carbocycles. The molecule has 2 N–H and O–H groups in total. The molecule has 2 aromatic rings. The molecule has 5 rings (SSSR count). The summed E-state index contributed by atoms with van der Waals surface area (Å²) in [6.45, 7) is 5.89. The van der Waals surface area contributed by atoms with Crippen molar-refractivity contribution in [1.82, 2.24) is 5.32 Å². The van der Waals surface area contributed by atoms with Gasteiger partial charge >= 0.3 is 5.97 Å². The summed E-state index contributed by atoms with van der Waals surface area (Å²) in [5.41, 5.74) is -1.93. The molecule has 0 bridgehead atoms. The molecule has 1 spiro atoms. The van der Waals surface area contributed by atoms with Crippen LogP contribution in [0.25, 0.3) is 0 Å². The van der Waals surface area contributed by atoms with Gasteiger partial charge in [0, 0.05) is 30.0 Å². The first-order valence-corrected chi connectivity index (χ1v) is 13.8. The Morgan fingerprint density at radius 1 is 1.13 bits per heavy atom. The van der Waals surface area contributed by atoms with Gasteiger partial charge < -0.3 is 15.2 Å². The Morgan fingerprint density at radius 2 is 1.79 bits per heavy atom. The Morgan fingerprint density at radius 3 is 2.46 bits per heavy atom. The molecule has 4 atom stereocenters. The number of carbonyl (C=O) groups excluding carboxylic acids is 2. The summed E-state index contributed by atoms with van der Waals surface area (Å²) in [6.07, 6.45) is 2.73. The van der Waals surface area contributed by atoms with E-state index in [1.54, 1.807) is 6.07 Å². The van der Waals surface area contributed by atoms with Gasteiger partial charge in [0.25, 0.3) is 0 Å². The third-order valence-electron chi connectivity index (χ3n) is 8.55. The summed E-state index contributed by atoms with van der Waals surface area (Å²) in [7, 11) is 0. The van der Waals surface area contributed by atoms with E-state index in [2.05, 4.69) is 5.32 Å². The van der Waals surface area contributed by atoms with Gasteiger partial charge in [0.2, 0.25) is 0 Å². The molecule has 2 fully saturated rings. The Bertz CT molecular complexity index is 1300. The molecule has 0 radical (unpaired) electrons. The van der Waals surface area contributed by atoms with Crippen molar-refractivity contribution < 1.29 is 32.6 Å². The summed E-state index contributed by atoms with van der Waals surface area (Å²) in [5.74, 6) is -5.32. The van der Waals surface area contributed by atoms with Crippen molar-refractivity contribution in [2.75, 3.05) is 0 Å². The monoisotopic (exact) mass is 563 g/mol. The highest BCUT2D eigenvalue weighted by Gasteiger charge is 2.67. The Balaban J connectivity index is 1.69. The molecule has 210 valence electrons. The number of nitrogens with one attached hydrogen (secondary N) is 1. The van der Waals surface area contributed by atoms with Crippen LogP contribution in [0.15, 0.2) is 30.3 Å². The van der Waals surface area contributed by atoms with E-state index >= 15 is 4.39 Å². The molecule has 0 amide bonds. The number of ketones is 1. The van der Waals surface area contributed by atoms with Crippen molar-refractivity contribution in [1.29, 1.82) is 0 Å². The number of benzene rings is 2. The first-order valence-electron chi connectivity index (χ1n) is 13.5. The second kappa shape index (κ2) is 10.2. The zero-order chi connectivity index (χ0) is 28.3. The average molecular weight is 564 g/mol. The van der Waals surface area contributed by atoms with E-state index in [0.717, 1.165) is 12.1 Å². The second-order valence-electron chi connectivity index (χ2n) is 12.4. The first-order chi connectivity index (χ1) is 18.3. The number of hydrogen-bond donors (Lipinski definition) is 2. The van der Waals surface area contributed by atoms with Crippen LogP contribution in [0.3, 0.4) is 0 Å². The summed E-state index contributed by atoms with van der Waals surface area (Å²) in [4.78, 5) is 27.9. The largest absolute Gasteiger partial charge is 0.425 e. The van der Waals surface area contributed by atoms with Gasteiger partial charge in [0.05, 0.1) is 17.2 Å². The van der Waals surface area contributed by atoms with E-state index < -0.39 is 46.8 Å². The molecule has 9 heteroatoms. The molecule has 3 aliphatic rings. The molecule has 2 aliphatic heterocycles. The predicted molar refractivity (Wildman–Crippen MR) is 140 cm³/mol. The summed E-state index contributed by atoms with van der Waals surface area (Å²) >= 11 is 6.18. The predicted octanol–water partition coefficient (Wildman–Crippen LogP) is 5.98. The molecular formula is C30H33ClF3NO4. The second-order valence-corrected chi connectivity index (χ2v) is 12.9. The number of halogens is 4. The van der Waals surface area contributed by atoms with Crippen molar-refractivity contribution >= 4 is 23.4 Å². The fourth-order valence-corrected chi connectivity index (χ4v) is 7.02. The average Bonchev–Trinajstić information content (AvgIpc) is 3.32. The van der Waals surface area contributed by atoms with Gasteiger partial charge in [-0.05, 0) is 61.1 Å². The smallest absolute Gasteiger partial charge is 0.324 e. The number of aliphatic hydroxyl groups is 1. The van der Waals surface area contributed by atoms with Gasteiger partial charge in [-0.2, -0.15) is 0 Å². The molecule has 2 aromatic carbocycles. The number of hydrogen-bond acceptors (Lipinski definition) is 5. The van der Waals surface area contributed by atoms with E-state index in [-0.39, 0.29) is 51.5 Å². The molecule has 1 saturated heterocycles. The number of fused-ring (bicyclic) bond motifs is 2. The number of rotatable bonds is 5. The number of Topliss-reactive ketones (excluding diaryl/α,β-unsaturated/α-hetero) is 1. The lowest BCUT2D eigenvalue weighted by Gasteiger charge is -2.36. The Kier molecular flexibility index (Phi) is 7.36. The van der Waals surface area contributed by atoms with E-state index in [1.807, 2.05) is 20.8 Å². The maximum atomic E-state index is 15.8. The van der Waals surface area contributed by atoms with Crippen LogP contribution < -0.4 is 10.1 Å². The summed E-state index contributed by atoms with van der Waals surface area (Å²) in [5, 5.41) is 13.1. The van der Waals surface area contributed by atoms with Gasteiger partial charge in [-0.1, -0.05) is 44.5 Å². The van der Waals surface area contributed by atoms with Gasteiger partial charge in [0.1, 0.15) is 17.0 Å².